The average molecular weight is 281 g/mol. The van der Waals surface area contributed by atoms with Crippen LogP contribution in [-0.2, 0) is 0 Å². The Labute approximate surface area is 123 Å². The average Bonchev–Trinajstić information content (AvgIpc) is 2.54. The molecule has 0 heterocycles. The molecule has 0 bridgehead atoms. The van der Waals surface area contributed by atoms with Crippen molar-refractivity contribution in [1.29, 1.82) is 5.26 Å². The number of carbonyl (C=O) groups excluding carboxylic acids is 1. The van der Waals surface area contributed by atoms with Gasteiger partial charge in [0.15, 0.2) is 6.10 Å². The van der Waals surface area contributed by atoms with Gasteiger partial charge < -0.3 is 9.47 Å². The molecule has 2 aromatic rings. The number of ether oxygens (including phenoxy) is 2. The van der Waals surface area contributed by atoms with E-state index in [0.717, 1.165) is 0 Å². The maximum atomic E-state index is 12.3. The molecule has 0 aromatic heterocycles. The van der Waals surface area contributed by atoms with E-state index in [0.29, 0.717) is 22.6 Å². The Hall–Kier alpha value is -2.80. The summed E-state index contributed by atoms with van der Waals surface area (Å²) >= 11 is 0. The minimum atomic E-state index is -0.673. The predicted molar refractivity (Wildman–Crippen MR) is 78.6 cm³/mol. The highest BCUT2D eigenvalue weighted by Gasteiger charge is 2.18. The second kappa shape index (κ2) is 6.58. The topological polar surface area (TPSA) is 59.3 Å². The van der Waals surface area contributed by atoms with E-state index in [1.54, 1.807) is 62.6 Å². The molecule has 0 saturated carbocycles. The van der Waals surface area contributed by atoms with Crippen molar-refractivity contribution in [3.05, 3.63) is 59.7 Å². The first-order valence-corrected chi connectivity index (χ1v) is 6.49. The minimum absolute atomic E-state index is 0.148. The first-order valence-electron chi connectivity index (χ1n) is 6.49. The number of hydrogen-bond acceptors (Lipinski definition) is 4. The Balaban J connectivity index is 2.14. The smallest absolute Gasteiger partial charge is 0.202 e. The van der Waals surface area contributed by atoms with Gasteiger partial charge in [-0.1, -0.05) is 12.1 Å². The molecule has 0 aliphatic carbocycles. The molecular formula is C17H15NO3. The van der Waals surface area contributed by atoms with Gasteiger partial charge in [-0.05, 0) is 43.3 Å². The third-order valence-electron chi connectivity index (χ3n) is 3.06. The maximum Gasteiger partial charge on any atom is 0.202 e. The Morgan fingerprint density at radius 1 is 1.14 bits per heavy atom. The second-order valence-electron chi connectivity index (χ2n) is 4.46. The van der Waals surface area contributed by atoms with E-state index in [4.69, 9.17) is 14.7 Å². The fraction of sp³-hybridized carbons (Fsp3) is 0.176. The molecule has 0 saturated heterocycles. The Morgan fingerprint density at radius 2 is 1.81 bits per heavy atom. The summed E-state index contributed by atoms with van der Waals surface area (Å²) in [6.45, 7) is 1.67. The summed E-state index contributed by atoms with van der Waals surface area (Å²) in [4.78, 5) is 12.3. The quantitative estimate of drug-likeness (QED) is 0.789. The highest BCUT2D eigenvalue weighted by atomic mass is 16.5. The highest BCUT2D eigenvalue weighted by Crippen LogP contribution is 2.20. The van der Waals surface area contributed by atoms with Crippen LogP contribution in [0.2, 0.25) is 0 Å². The SMILES string of the molecule is COc1ccc(C(=O)C(C)Oc2ccccc2C#N)cc1. The molecule has 0 N–H and O–H groups in total. The lowest BCUT2D eigenvalue weighted by molar-refractivity contribution is 0.0817. The number of rotatable bonds is 5. The summed E-state index contributed by atoms with van der Waals surface area (Å²) in [5.41, 5.74) is 0.949. The van der Waals surface area contributed by atoms with Crippen LogP contribution in [0.15, 0.2) is 48.5 Å². The van der Waals surface area contributed by atoms with Gasteiger partial charge in [0, 0.05) is 5.56 Å². The van der Waals surface area contributed by atoms with Crippen LogP contribution >= 0.6 is 0 Å². The van der Waals surface area contributed by atoms with Crippen LogP contribution in [0.4, 0.5) is 0 Å². The molecule has 1 atom stereocenters. The van der Waals surface area contributed by atoms with Gasteiger partial charge in [-0.3, -0.25) is 4.79 Å². The van der Waals surface area contributed by atoms with E-state index in [1.807, 2.05) is 6.07 Å². The summed E-state index contributed by atoms with van der Waals surface area (Å²) in [7, 11) is 1.57. The number of benzene rings is 2. The van der Waals surface area contributed by atoms with Crippen molar-refractivity contribution in [2.24, 2.45) is 0 Å². The molecule has 1 unspecified atom stereocenters. The van der Waals surface area contributed by atoms with E-state index < -0.39 is 6.10 Å². The fourth-order valence-corrected chi connectivity index (χ4v) is 1.90. The normalized spacial score (nSPS) is 11.3. The Morgan fingerprint density at radius 3 is 2.43 bits per heavy atom. The minimum Gasteiger partial charge on any atom is -0.497 e. The van der Waals surface area contributed by atoms with Crippen molar-refractivity contribution in [3.8, 4) is 17.6 Å². The molecule has 2 rings (SSSR count). The molecule has 0 aliphatic rings. The summed E-state index contributed by atoms with van der Waals surface area (Å²) in [5.74, 6) is 0.953. The summed E-state index contributed by atoms with van der Waals surface area (Å²) in [5, 5.41) is 9.02. The zero-order valence-electron chi connectivity index (χ0n) is 11.9. The number of methoxy groups -OCH3 is 1. The number of carbonyl (C=O) groups is 1. The molecule has 4 nitrogen and oxygen atoms in total. The van der Waals surface area contributed by atoms with Gasteiger partial charge in [0.25, 0.3) is 0 Å². The second-order valence-corrected chi connectivity index (χ2v) is 4.46. The fourth-order valence-electron chi connectivity index (χ4n) is 1.90. The van der Waals surface area contributed by atoms with E-state index >= 15 is 0 Å². The van der Waals surface area contributed by atoms with Crippen molar-refractivity contribution < 1.29 is 14.3 Å². The maximum absolute atomic E-state index is 12.3. The molecule has 0 spiro atoms. The number of Topliss-reactive ketones (excluding diaryl/α,β-unsaturated/α-hetero) is 1. The highest BCUT2D eigenvalue weighted by molar-refractivity contribution is 5.99. The van der Waals surface area contributed by atoms with Crippen LogP contribution in [0.1, 0.15) is 22.8 Å². The van der Waals surface area contributed by atoms with Gasteiger partial charge in [-0.15, -0.1) is 0 Å². The molecule has 0 fully saturated rings. The molecule has 2 aromatic carbocycles. The number of nitrogens with zero attached hydrogens (tertiary/aromatic N) is 1. The first kappa shape index (κ1) is 14.6. The lowest BCUT2D eigenvalue weighted by Gasteiger charge is -2.14. The van der Waals surface area contributed by atoms with Crippen LogP contribution in [-0.4, -0.2) is 19.0 Å². The van der Waals surface area contributed by atoms with Crippen LogP contribution in [0.25, 0.3) is 0 Å². The van der Waals surface area contributed by atoms with Crippen LogP contribution in [0, 0.1) is 11.3 Å². The van der Waals surface area contributed by atoms with Gasteiger partial charge in [0.2, 0.25) is 5.78 Å². The Kier molecular flexibility index (Phi) is 4.57. The monoisotopic (exact) mass is 281 g/mol. The number of hydrogen-bond donors (Lipinski definition) is 0. The van der Waals surface area contributed by atoms with E-state index in [2.05, 4.69) is 0 Å². The van der Waals surface area contributed by atoms with Gasteiger partial charge >= 0.3 is 0 Å². The zero-order chi connectivity index (χ0) is 15.2. The first-order chi connectivity index (χ1) is 10.2. The lowest BCUT2D eigenvalue weighted by Crippen LogP contribution is -2.24. The van der Waals surface area contributed by atoms with Crippen molar-refractivity contribution in [2.75, 3.05) is 7.11 Å². The van der Waals surface area contributed by atoms with E-state index in [1.165, 1.54) is 0 Å². The van der Waals surface area contributed by atoms with Gasteiger partial charge in [-0.2, -0.15) is 5.26 Å². The van der Waals surface area contributed by atoms with Crippen molar-refractivity contribution >= 4 is 5.78 Å². The van der Waals surface area contributed by atoms with Gasteiger partial charge in [0.1, 0.15) is 17.6 Å². The lowest BCUT2D eigenvalue weighted by atomic mass is 10.1. The Bertz CT molecular complexity index is 671. The van der Waals surface area contributed by atoms with Crippen molar-refractivity contribution in [3.63, 3.8) is 0 Å². The number of para-hydroxylation sites is 1. The van der Waals surface area contributed by atoms with Gasteiger partial charge in [-0.25, -0.2) is 0 Å². The predicted octanol–water partition coefficient (Wildman–Crippen LogP) is 3.22. The van der Waals surface area contributed by atoms with Crippen molar-refractivity contribution in [1.82, 2.24) is 0 Å². The molecule has 106 valence electrons. The molecule has 0 amide bonds. The van der Waals surface area contributed by atoms with E-state index in [9.17, 15) is 4.79 Å². The van der Waals surface area contributed by atoms with E-state index in [-0.39, 0.29) is 5.78 Å². The zero-order valence-corrected chi connectivity index (χ0v) is 11.9. The van der Waals surface area contributed by atoms with Crippen LogP contribution in [0.5, 0.6) is 11.5 Å². The molecule has 0 radical (unpaired) electrons. The number of ketones is 1. The molecule has 21 heavy (non-hydrogen) atoms. The van der Waals surface area contributed by atoms with Crippen LogP contribution < -0.4 is 9.47 Å². The largest absolute Gasteiger partial charge is 0.497 e. The van der Waals surface area contributed by atoms with Crippen molar-refractivity contribution in [2.45, 2.75) is 13.0 Å². The standard InChI is InChI=1S/C17H15NO3/c1-12(21-16-6-4-3-5-14(16)11-18)17(19)13-7-9-15(20-2)10-8-13/h3-10,12H,1-2H3. The third-order valence-corrected chi connectivity index (χ3v) is 3.06. The van der Waals surface area contributed by atoms with Gasteiger partial charge in [0.05, 0.1) is 12.7 Å². The molecule has 4 heteroatoms. The summed E-state index contributed by atoms with van der Waals surface area (Å²) < 4.78 is 10.7. The summed E-state index contributed by atoms with van der Waals surface area (Å²) in [6, 6.07) is 15.7. The van der Waals surface area contributed by atoms with Crippen LogP contribution in [0.3, 0.4) is 0 Å². The molecule has 0 aliphatic heterocycles. The summed E-state index contributed by atoms with van der Waals surface area (Å²) in [6.07, 6.45) is -0.673. The molecular weight excluding hydrogens is 266 g/mol. The number of nitriles is 1. The third kappa shape index (κ3) is 3.40.